The Morgan fingerprint density at radius 2 is 2.17 bits per heavy atom. The lowest BCUT2D eigenvalue weighted by Crippen LogP contribution is -2.15. The van der Waals surface area contributed by atoms with Gasteiger partial charge in [-0.2, -0.15) is 0 Å². The number of benzene rings is 1. The van der Waals surface area contributed by atoms with Gasteiger partial charge in [-0.1, -0.05) is 24.3 Å². The highest BCUT2D eigenvalue weighted by atomic mass is 15.0. The molecule has 3 nitrogen and oxygen atoms in total. The molecule has 1 N–H and O–H groups in total. The first-order chi connectivity index (χ1) is 8.81. The molecule has 1 heterocycles. The van der Waals surface area contributed by atoms with Crippen LogP contribution in [0.2, 0.25) is 0 Å². The van der Waals surface area contributed by atoms with Gasteiger partial charge in [-0.25, -0.2) is 4.98 Å². The third kappa shape index (κ3) is 2.79. The van der Waals surface area contributed by atoms with Gasteiger partial charge in [-0.15, -0.1) is 0 Å². The van der Waals surface area contributed by atoms with Gasteiger partial charge in [0.05, 0.1) is 0 Å². The molecule has 1 fully saturated rings. The van der Waals surface area contributed by atoms with E-state index in [1.54, 1.807) is 0 Å². The summed E-state index contributed by atoms with van der Waals surface area (Å²) in [5.74, 6) is 1.11. The first-order valence-corrected chi connectivity index (χ1v) is 6.58. The number of aromatic nitrogens is 2. The van der Waals surface area contributed by atoms with Crippen molar-refractivity contribution in [2.75, 3.05) is 0 Å². The minimum atomic E-state index is 0.767. The summed E-state index contributed by atoms with van der Waals surface area (Å²) in [6, 6.07) is 9.56. The largest absolute Gasteiger partial charge is 0.338 e. The van der Waals surface area contributed by atoms with Gasteiger partial charge in [0.15, 0.2) is 0 Å². The number of rotatable bonds is 5. The third-order valence-corrected chi connectivity index (χ3v) is 3.45. The van der Waals surface area contributed by atoms with Crippen molar-refractivity contribution >= 4 is 0 Å². The van der Waals surface area contributed by atoms with Crippen molar-refractivity contribution in [3.05, 3.63) is 53.6 Å². The van der Waals surface area contributed by atoms with Crippen LogP contribution in [0.15, 0.2) is 36.7 Å². The maximum Gasteiger partial charge on any atom is 0.112 e. The van der Waals surface area contributed by atoms with E-state index in [0.717, 1.165) is 24.8 Å². The molecule has 0 radical (unpaired) electrons. The Hall–Kier alpha value is -1.61. The lowest BCUT2D eigenvalue weighted by atomic mass is 10.1. The Balaban J connectivity index is 1.67. The summed E-state index contributed by atoms with van der Waals surface area (Å²) in [5.41, 5.74) is 2.70. The summed E-state index contributed by atoms with van der Waals surface area (Å²) < 4.78 is 2.08. The smallest absolute Gasteiger partial charge is 0.112 e. The van der Waals surface area contributed by atoms with Crippen LogP contribution in [-0.2, 0) is 20.0 Å². The zero-order chi connectivity index (χ0) is 12.4. The SMILES string of the molecule is Cn1ccnc1Cc1cccc(CNC2CC2)c1. The Morgan fingerprint density at radius 1 is 1.33 bits per heavy atom. The molecule has 0 spiro atoms. The van der Waals surface area contributed by atoms with Gasteiger partial charge in [-0.3, -0.25) is 0 Å². The van der Waals surface area contributed by atoms with E-state index in [1.807, 2.05) is 19.4 Å². The minimum absolute atomic E-state index is 0.767. The number of nitrogens with one attached hydrogen (secondary N) is 1. The van der Waals surface area contributed by atoms with Crippen LogP contribution in [0, 0.1) is 0 Å². The molecular weight excluding hydrogens is 222 g/mol. The third-order valence-electron chi connectivity index (χ3n) is 3.45. The molecule has 1 aromatic heterocycles. The molecule has 0 atom stereocenters. The molecule has 94 valence electrons. The van der Waals surface area contributed by atoms with E-state index < -0.39 is 0 Å². The quantitative estimate of drug-likeness (QED) is 0.870. The summed E-state index contributed by atoms with van der Waals surface area (Å²) in [6.07, 6.45) is 7.43. The predicted octanol–water partition coefficient (Wildman–Crippen LogP) is 2.26. The second kappa shape index (κ2) is 4.94. The molecule has 1 aliphatic rings. The predicted molar refractivity (Wildman–Crippen MR) is 72.3 cm³/mol. The van der Waals surface area contributed by atoms with Crippen LogP contribution >= 0.6 is 0 Å². The second-order valence-corrected chi connectivity index (χ2v) is 5.11. The number of hydrogen-bond donors (Lipinski definition) is 1. The average Bonchev–Trinajstić information content (AvgIpc) is 3.13. The average molecular weight is 241 g/mol. The van der Waals surface area contributed by atoms with E-state index >= 15 is 0 Å². The first-order valence-electron chi connectivity index (χ1n) is 6.58. The van der Waals surface area contributed by atoms with Gasteiger partial charge in [0.25, 0.3) is 0 Å². The zero-order valence-electron chi connectivity index (χ0n) is 10.8. The fourth-order valence-electron chi connectivity index (χ4n) is 2.15. The van der Waals surface area contributed by atoms with Crippen molar-refractivity contribution in [2.24, 2.45) is 7.05 Å². The van der Waals surface area contributed by atoms with Crippen molar-refractivity contribution in [3.8, 4) is 0 Å². The monoisotopic (exact) mass is 241 g/mol. The molecule has 1 aromatic carbocycles. The number of aryl methyl sites for hydroxylation is 1. The Kier molecular flexibility index (Phi) is 3.15. The van der Waals surface area contributed by atoms with Gasteiger partial charge in [0, 0.05) is 38.4 Å². The van der Waals surface area contributed by atoms with Crippen LogP contribution in [0.25, 0.3) is 0 Å². The van der Waals surface area contributed by atoms with Crippen LogP contribution in [0.3, 0.4) is 0 Å². The standard InChI is InChI=1S/C15H19N3/c1-18-8-7-16-15(18)10-12-3-2-4-13(9-12)11-17-14-5-6-14/h2-4,7-9,14,17H,5-6,10-11H2,1H3. The molecule has 3 heteroatoms. The molecule has 18 heavy (non-hydrogen) atoms. The normalized spacial score (nSPS) is 14.9. The van der Waals surface area contributed by atoms with E-state index in [1.165, 1.54) is 24.0 Å². The summed E-state index contributed by atoms with van der Waals surface area (Å²) in [5, 5.41) is 3.55. The Bertz CT molecular complexity index is 526. The number of imidazole rings is 1. The summed E-state index contributed by atoms with van der Waals surface area (Å²) >= 11 is 0. The molecule has 0 amide bonds. The van der Waals surface area contributed by atoms with Crippen LogP contribution in [0.4, 0.5) is 0 Å². The van der Waals surface area contributed by atoms with E-state index in [0.29, 0.717) is 0 Å². The maximum absolute atomic E-state index is 4.37. The van der Waals surface area contributed by atoms with Crippen molar-refractivity contribution < 1.29 is 0 Å². The van der Waals surface area contributed by atoms with Gasteiger partial charge in [0.1, 0.15) is 5.82 Å². The first kappa shape index (κ1) is 11.5. The lowest BCUT2D eigenvalue weighted by molar-refractivity contribution is 0.687. The fraction of sp³-hybridized carbons (Fsp3) is 0.400. The van der Waals surface area contributed by atoms with Crippen molar-refractivity contribution in [3.63, 3.8) is 0 Å². The Morgan fingerprint density at radius 3 is 2.89 bits per heavy atom. The summed E-state index contributed by atoms with van der Waals surface area (Å²) in [7, 11) is 2.04. The topological polar surface area (TPSA) is 29.9 Å². The molecule has 0 aliphatic heterocycles. The highest BCUT2D eigenvalue weighted by Crippen LogP contribution is 2.19. The van der Waals surface area contributed by atoms with Crippen molar-refractivity contribution in [2.45, 2.75) is 31.8 Å². The molecular formula is C15H19N3. The van der Waals surface area contributed by atoms with Gasteiger partial charge in [-0.05, 0) is 24.0 Å². The molecule has 1 saturated carbocycles. The van der Waals surface area contributed by atoms with Crippen LogP contribution in [0.1, 0.15) is 29.8 Å². The molecule has 2 aromatic rings. The van der Waals surface area contributed by atoms with Crippen LogP contribution < -0.4 is 5.32 Å². The van der Waals surface area contributed by atoms with Gasteiger partial charge >= 0.3 is 0 Å². The fourth-order valence-corrected chi connectivity index (χ4v) is 2.15. The molecule has 0 unspecified atom stereocenters. The van der Waals surface area contributed by atoms with E-state index in [4.69, 9.17) is 0 Å². The van der Waals surface area contributed by atoms with Gasteiger partial charge < -0.3 is 9.88 Å². The molecule has 0 saturated heterocycles. The van der Waals surface area contributed by atoms with Crippen molar-refractivity contribution in [1.82, 2.24) is 14.9 Å². The van der Waals surface area contributed by atoms with E-state index in [2.05, 4.69) is 39.1 Å². The Labute approximate surface area is 108 Å². The lowest BCUT2D eigenvalue weighted by Gasteiger charge is -2.06. The van der Waals surface area contributed by atoms with Crippen molar-refractivity contribution in [1.29, 1.82) is 0 Å². The second-order valence-electron chi connectivity index (χ2n) is 5.11. The van der Waals surface area contributed by atoms with Crippen LogP contribution in [0.5, 0.6) is 0 Å². The molecule has 3 rings (SSSR count). The van der Waals surface area contributed by atoms with Crippen LogP contribution in [-0.4, -0.2) is 15.6 Å². The van der Waals surface area contributed by atoms with Gasteiger partial charge in [0.2, 0.25) is 0 Å². The highest BCUT2D eigenvalue weighted by Gasteiger charge is 2.19. The number of hydrogen-bond acceptors (Lipinski definition) is 2. The molecule has 0 bridgehead atoms. The maximum atomic E-state index is 4.37. The minimum Gasteiger partial charge on any atom is -0.338 e. The zero-order valence-corrected chi connectivity index (χ0v) is 10.8. The molecule has 1 aliphatic carbocycles. The van der Waals surface area contributed by atoms with E-state index in [-0.39, 0.29) is 0 Å². The summed E-state index contributed by atoms with van der Waals surface area (Å²) in [4.78, 5) is 4.37. The number of nitrogens with zero attached hydrogens (tertiary/aromatic N) is 2. The van der Waals surface area contributed by atoms with E-state index in [9.17, 15) is 0 Å². The summed E-state index contributed by atoms with van der Waals surface area (Å²) in [6.45, 7) is 0.985. The highest BCUT2D eigenvalue weighted by molar-refractivity contribution is 5.26.